The van der Waals surface area contributed by atoms with E-state index in [9.17, 15) is 4.39 Å². The molecule has 0 heterocycles. The molecule has 0 fully saturated rings. The van der Waals surface area contributed by atoms with Crippen LogP contribution in [0.25, 0.3) is 0 Å². The van der Waals surface area contributed by atoms with Crippen molar-refractivity contribution in [2.75, 3.05) is 13.2 Å². The molecule has 0 aromatic heterocycles. The first kappa shape index (κ1) is 12.7. The Balaban J connectivity index is 1.77. The fourth-order valence-electron chi connectivity index (χ4n) is 1.40. The van der Waals surface area contributed by atoms with Gasteiger partial charge in [0.15, 0.2) is 0 Å². The quantitative estimate of drug-likeness (QED) is 0.763. The number of para-hydroxylation sites is 1. The summed E-state index contributed by atoms with van der Waals surface area (Å²) < 4.78 is 23.7. The van der Waals surface area contributed by atoms with Gasteiger partial charge in [0, 0.05) is 6.07 Å². The van der Waals surface area contributed by atoms with Gasteiger partial charge >= 0.3 is 0 Å². The summed E-state index contributed by atoms with van der Waals surface area (Å²) in [6.07, 6.45) is 0. The van der Waals surface area contributed by atoms with Gasteiger partial charge in [-0.2, -0.15) is 0 Å². The van der Waals surface area contributed by atoms with Gasteiger partial charge in [-0.3, -0.25) is 0 Å². The first-order chi connectivity index (χ1) is 8.75. The van der Waals surface area contributed by atoms with Crippen LogP contribution < -0.4 is 9.47 Å². The van der Waals surface area contributed by atoms with Gasteiger partial charge in [0.05, 0.1) is 5.02 Å². The van der Waals surface area contributed by atoms with E-state index >= 15 is 0 Å². The molecule has 0 unspecified atom stereocenters. The van der Waals surface area contributed by atoms with Crippen LogP contribution in [0.4, 0.5) is 4.39 Å². The van der Waals surface area contributed by atoms with Crippen molar-refractivity contribution in [1.29, 1.82) is 0 Å². The van der Waals surface area contributed by atoms with E-state index in [1.165, 1.54) is 18.2 Å². The molecule has 4 heteroatoms. The van der Waals surface area contributed by atoms with Crippen LogP contribution in [0.5, 0.6) is 11.5 Å². The van der Waals surface area contributed by atoms with E-state index in [1.807, 2.05) is 30.3 Å². The molecule has 2 rings (SSSR count). The normalized spacial score (nSPS) is 10.1. The third kappa shape index (κ3) is 3.64. The molecule has 2 aromatic rings. The molecule has 0 aliphatic rings. The average Bonchev–Trinajstić information content (AvgIpc) is 2.40. The zero-order chi connectivity index (χ0) is 12.8. The van der Waals surface area contributed by atoms with Crippen molar-refractivity contribution in [2.45, 2.75) is 0 Å². The smallest absolute Gasteiger partial charge is 0.142 e. The highest BCUT2D eigenvalue weighted by Gasteiger charge is 2.01. The molecule has 0 spiro atoms. The van der Waals surface area contributed by atoms with E-state index in [0.717, 1.165) is 5.75 Å². The second-order valence-electron chi connectivity index (χ2n) is 3.59. The maximum atomic E-state index is 12.9. The molecule has 0 radical (unpaired) electrons. The Morgan fingerprint density at radius 3 is 2.22 bits per heavy atom. The third-order valence-corrected chi connectivity index (χ3v) is 2.54. The summed E-state index contributed by atoms with van der Waals surface area (Å²) in [5.74, 6) is 0.862. The van der Waals surface area contributed by atoms with Gasteiger partial charge < -0.3 is 9.47 Å². The summed E-state index contributed by atoms with van der Waals surface area (Å²) in [7, 11) is 0. The maximum absolute atomic E-state index is 12.9. The Bertz CT molecular complexity index is 502. The minimum atomic E-state index is -0.454. The lowest BCUT2D eigenvalue weighted by molar-refractivity contribution is 0.217. The Kier molecular flexibility index (Phi) is 4.42. The summed E-state index contributed by atoms with van der Waals surface area (Å²) in [4.78, 5) is 0. The Morgan fingerprint density at radius 1 is 0.889 bits per heavy atom. The molecule has 0 saturated heterocycles. The van der Waals surface area contributed by atoms with Gasteiger partial charge in [-0.05, 0) is 24.3 Å². The second-order valence-corrected chi connectivity index (χ2v) is 3.99. The maximum Gasteiger partial charge on any atom is 0.142 e. The molecular weight excluding hydrogens is 255 g/mol. The first-order valence-electron chi connectivity index (χ1n) is 5.51. The van der Waals surface area contributed by atoms with E-state index in [2.05, 4.69) is 0 Å². The van der Waals surface area contributed by atoms with Crippen molar-refractivity contribution in [3.63, 3.8) is 0 Å². The van der Waals surface area contributed by atoms with Crippen LogP contribution in [0.15, 0.2) is 48.5 Å². The van der Waals surface area contributed by atoms with Crippen LogP contribution in [0.3, 0.4) is 0 Å². The lowest BCUT2D eigenvalue weighted by atomic mass is 10.3. The predicted octanol–water partition coefficient (Wildman–Crippen LogP) is 3.94. The van der Waals surface area contributed by atoms with Gasteiger partial charge in [0.1, 0.15) is 30.5 Å². The van der Waals surface area contributed by atoms with Crippen LogP contribution in [-0.2, 0) is 0 Å². The van der Waals surface area contributed by atoms with Gasteiger partial charge in [0.2, 0.25) is 0 Å². The van der Waals surface area contributed by atoms with Crippen molar-refractivity contribution in [1.82, 2.24) is 0 Å². The Labute approximate surface area is 110 Å². The van der Waals surface area contributed by atoms with Crippen LogP contribution >= 0.6 is 11.6 Å². The van der Waals surface area contributed by atoms with Gasteiger partial charge in [0.25, 0.3) is 0 Å². The van der Waals surface area contributed by atoms with E-state index in [1.54, 1.807) is 0 Å². The number of hydrogen-bond donors (Lipinski definition) is 0. The van der Waals surface area contributed by atoms with Crippen LogP contribution in [0.1, 0.15) is 0 Å². The van der Waals surface area contributed by atoms with Crippen molar-refractivity contribution in [3.05, 3.63) is 59.4 Å². The molecule has 2 nitrogen and oxygen atoms in total. The number of hydrogen-bond acceptors (Lipinski definition) is 2. The molecule has 94 valence electrons. The van der Waals surface area contributed by atoms with Crippen LogP contribution in [0, 0.1) is 5.82 Å². The zero-order valence-corrected chi connectivity index (χ0v) is 10.4. The summed E-state index contributed by atoms with van der Waals surface area (Å²) in [5, 5.41) is 0.0523. The first-order valence-corrected chi connectivity index (χ1v) is 5.89. The molecule has 0 aliphatic heterocycles. The lowest BCUT2D eigenvalue weighted by Gasteiger charge is -2.08. The largest absolute Gasteiger partial charge is 0.490 e. The number of halogens is 2. The molecule has 0 amide bonds. The predicted molar refractivity (Wildman–Crippen MR) is 68.8 cm³/mol. The fraction of sp³-hybridized carbons (Fsp3) is 0.143. The summed E-state index contributed by atoms with van der Waals surface area (Å²) in [5.41, 5.74) is 0. The minimum Gasteiger partial charge on any atom is -0.490 e. The van der Waals surface area contributed by atoms with Crippen molar-refractivity contribution in [2.24, 2.45) is 0 Å². The SMILES string of the molecule is Fc1ccc(OCCOc2ccccc2)cc1Cl. The van der Waals surface area contributed by atoms with Crippen LogP contribution in [-0.4, -0.2) is 13.2 Å². The Morgan fingerprint density at radius 2 is 1.56 bits per heavy atom. The summed E-state index contributed by atoms with van der Waals surface area (Å²) >= 11 is 5.64. The molecule has 0 N–H and O–H groups in total. The molecule has 0 aliphatic carbocycles. The molecule has 0 atom stereocenters. The Hall–Kier alpha value is -1.74. The summed E-state index contributed by atoms with van der Waals surface area (Å²) in [6, 6.07) is 13.7. The standard InChI is InChI=1S/C14H12ClFO2/c15-13-10-12(6-7-14(13)16)18-9-8-17-11-4-2-1-3-5-11/h1-7,10H,8-9H2. The molecular formula is C14H12ClFO2. The second kappa shape index (κ2) is 6.26. The van der Waals surface area contributed by atoms with Crippen molar-refractivity contribution >= 4 is 11.6 Å². The fourth-order valence-corrected chi connectivity index (χ4v) is 1.57. The summed E-state index contributed by atoms with van der Waals surface area (Å²) in [6.45, 7) is 0.788. The zero-order valence-electron chi connectivity index (χ0n) is 9.61. The molecule has 2 aromatic carbocycles. The molecule has 0 saturated carbocycles. The van der Waals surface area contributed by atoms with Gasteiger partial charge in [-0.1, -0.05) is 29.8 Å². The van der Waals surface area contributed by atoms with E-state index < -0.39 is 5.82 Å². The lowest BCUT2D eigenvalue weighted by Crippen LogP contribution is -2.08. The van der Waals surface area contributed by atoms with Crippen LogP contribution in [0.2, 0.25) is 5.02 Å². The topological polar surface area (TPSA) is 18.5 Å². The molecule has 18 heavy (non-hydrogen) atoms. The minimum absolute atomic E-state index is 0.0523. The van der Waals surface area contributed by atoms with Crippen molar-refractivity contribution < 1.29 is 13.9 Å². The van der Waals surface area contributed by atoms with Gasteiger partial charge in [-0.15, -0.1) is 0 Å². The van der Waals surface area contributed by atoms with Crippen molar-refractivity contribution in [3.8, 4) is 11.5 Å². The van der Waals surface area contributed by atoms with E-state index in [4.69, 9.17) is 21.1 Å². The highest BCUT2D eigenvalue weighted by atomic mass is 35.5. The number of benzene rings is 2. The van der Waals surface area contributed by atoms with E-state index in [0.29, 0.717) is 19.0 Å². The molecule has 0 bridgehead atoms. The highest BCUT2D eigenvalue weighted by Crippen LogP contribution is 2.21. The monoisotopic (exact) mass is 266 g/mol. The third-order valence-electron chi connectivity index (χ3n) is 2.26. The van der Waals surface area contributed by atoms with E-state index in [-0.39, 0.29) is 5.02 Å². The number of ether oxygens (including phenoxy) is 2. The van der Waals surface area contributed by atoms with Gasteiger partial charge in [-0.25, -0.2) is 4.39 Å². The highest BCUT2D eigenvalue weighted by molar-refractivity contribution is 6.30. The number of rotatable bonds is 5. The average molecular weight is 267 g/mol.